The van der Waals surface area contributed by atoms with Gasteiger partial charge in [-0.25, -0.2) is 0 Å². The minimum absolute atomic E-state index is 0.117. The zero-order valence-electron chi connectivity index (χ0n) is 16.1. The maximum Gasteiger partial charge on any atom is 0.287 e. The third kappa shape index (κ3) is 4.88. The van der Waals surface area contributed by atoms with Crippen LogP contribution in [-0.4, -0.2) is 18.4 Å². The Kier molecular flexibility index (Phi) is 5.80. The highest BCUT2D eigenvalue weighted by atomic mass is 16.5. The summed E-state index contributed by atoms with van der Waals surface area (Å²) >= 11 is 0. The molecule has 0 fully saturated rings. The van der Waals surface area contributed by atoms with Crippen LogP contribution < -0.4 is 15.4 Å². The number of ether oxygens (including phenoxy) is 1. The van der Waals surface area contributed by atoms with Crippen LogP contribution in [0, 0.1) is 0 Å². The third-order valence-corrected chi connectivity index (χ3v) is 4.44. The lowest BCUT2D eigenvalue weighted by molar-refractivity contribution is -0.120. The molecule has 0 aliphatic rings. The highest BCUT2D eigenvalue weighted by molar-refractivity contribution is 5.94. The highest BCUT2D eigenvalue weighted by Crippen LogP contribution is 2.21. The van der Waals surface area contributed by atoms with E-state index < -0.39 is 5.91 Å². The smallest absolute Gasteiger partial charge is 0.287 e. The Morgan fingerprint density at radius 2 is 1.73 bits per heavy atom. The van der Waals surface area contributed by atoms with E-state index in [1.54, 1.807) is 24.3 Å². The molecule has 2 amide bonds. The Labute approximate surface area is 172 Å². The van der Waals surface area contributed by atoms with Gasteiger partial charge in [0.25, 0.3) is 5.91 Å². The van der Waals surface area contributed by atoms with E-state index >= 15 is 0 Å². The summed E-state index contributed by atoms with van der Waals surface area (Å²) in [5, 5.41) is 7.39. The van der Waals surface area contributed by atoms with Gasteiger partial charge in [-0.3, -0.25) is 9.59 Å². The molecule has 0 bridgehead atoms. The normalized spacial score (nSPS) is 10.7. The number of nitrogens with one attached hydrogen (secondary N) is 2. The number of rotatable bonds is 8. The van der Waals surface area contributed by atoms with Crippen molar-refractivity contribution in [2.45, 2.75) is 13.2 Å². The Balaban J connectivity index is 1.25. The number of furan rings is 2. The molecule has 0 saturated heterocycles. The number of hydrogen-bond donors (Lipinski definition) is 2. The van der Waals surface area contributed by atoms with E-state index in [1.165, 1.54) is 6.26 Å². The van der Waals surface area contributed by atoms with Gasteiger partial charge < -0.3 is 24.2 Å². The van der Waals surface area contributed by atoms with E-state index in [9.17, 15) is 9.59 Å². The van der Waals surface area contributed by atoms with Crippen LogP contribution in [0.1, 0.15) is 22.1 Å². The monoisotopic (exact) mass is 404 g/mol. The molecule has 0 spiro atoms. The molecular formula is C23H20N2O5. The van der Waals surface area contributed by atoms with Crippen LogP contribution in [0.3, 0.4) is 0 Å². The fourth-order valence-electron chi connectivity index (χ4n) is 2.90. The summed E-state index contributed by atoms with van der Waals surface area (Å²) in [5.41, 5.74) is 0. The van der Waals surface area contributed by atoms with Gasteiger partial charge in [-0.05, 0) is 47.2 Å². The second-order valence-electron chi connectivity index (χ2n) is 6.60. The van der Waals surface area contributed by atoms with E-state index in [0.29, 0.717) is 17.3 Å². The van der Waals surface area contributed by atoms with Gasteiger partial charge in [0.2, 0.25) is 5.91 Å². The Morgan fingerprint density at radius 3 is 2.57 bits per heavy atom. The van der Waals surface area contributed by atoms with Gasteiger partial charge in [-0.15, -0.1) is 0 Å². The number of carbonyl (C=O) groups is 2. The van der Waals surface area contributed by atoms with Gasteiger partial charge in [0, 0.05) is 0 Å². The summed E-state index contributed by atoms with van der Waals surface area (Å²) in [6.07, 6.45) is 1.53. The van der Waals surface area contributed by atoms with Crippen LogP contribution in [0.5, 0.6) is 5.75 Å². The number of benzene rings is 2. The van der Waals surface area contributed by atoms with Gasteiger partial charge in [-0.1, -0.05) is 30.3 Å². The van der Waals surface area contributed by atoms with Crippen molar-refractivity contribution >= 4 is 22.6 Å². The van der Waals surface area contributed by atoms with E-state index in [0.717, 1.165) is 10.8 Å². The van der Waals surface area contributed by atoms with Crippen molar-refractivity contribution in [2.75, 3.05) is 6.54 Å². The van der Waals surface area contributed by atoms with E-state index in [-0.39, 0.29) is 31.4 Å². The molecule has 30 heavy (non-hydrogen) atoms. The predicted octanol–water partition coefficient (Wildman–Crippen LogP) is 3.65. The lowest BCUT2D eigenvalue weighted by Crippen LogP contribution is -2.36. The Hall–Kier alpha value is -4.00. The van der Waals surface area contributed by atoms with Crippen molar-refractivity contribution in [3.63, 3.8) is 0 Å². The van der Waals surface area contributed by atoms with E-state index in [1.807, 2.05) is 42.5 Å². The zero-order valence-corrected chi connectivity index (χ0v) is 16.1. The molecule has 152 valence electrons. The molecule has 4 aromatic rings. The molecule has 7 nitrogen and oxygen atoms in total. The first-order chi connectivity index (χ1) is 14.7. The molecule has 0 unspecified atom stereocenters. The van der Waals surface area contributed by atoms with Crippen molar-refractivity contribution < 1.29 is 23.2 Å². The summed E-state index contributed by atoms with van der Waals surface area (Å²) in [4.78, 5) is 24.0. The summed E-state index contributed by atoms with van der Waals surface area (Å²) in [6.45, 7) is 0.289. The molecular weight excluding hydrogens is 384 g/mol. The molecule has 2 heterocycles. The summed E-state index contributed by atoms with van der Waals surface area (Å²) in [7, 11) is 0. The average molecular weight is 404 g/mol. The summed E-state index contributed by atoms with van der Waals surface area (Å²) < 4.78 is 16.4. The minimum atomic E-state index is -0.472. The van der Waals surface area contributed by atoms with Crippen LogP contribution in [-0.2, 0) is 17.9 Å². The first-order valence-electron chi connectivity index (χ1n) is 9.45. The van der Waals surface area contributed by atoms with Crippen LogP contribution in [0.2, 0.25) is 0 Å². The van der Waals surface area contributed by atoms with E-state index in [2.05, 4.69) is 10.6 Å². The lowest BCUT2D eigenvalue weighted by Gasteiger charge is -2.06. The van der Waals surface area contributed by atoms with Gasteiger partial charge in [0.1, 0.15) is 23.9 Å². The van der Waals surface area contributed by atoms with Crippen molar-refractivity contribution in [3.8, 4) is 5.75 Å². The van der Waals surface area contributed by atoms with Crippen molar-refractivity contribution in [1.29, 1.82) is 0 Å². The molecule has 4 rings (SSSR count). The Bertz CT molecular complexity index is 1150. The lowest BCUT2D eigenvalue weighted by atomic mass is 10.1. The first-order valence-corrected chi connectivity index (χ1v) is 9.45. The van der Waals surface area contributed by atoms with Gasteiger partial charge in [0.05, 0.1) is 19.4 Å². The van der Waals surface area contributed by atoms with Crippen LogP contribution >= 0.6 is 0 Å². The topological polar surface area (TPSA) is 93.7 Å². The number of carbonyl (C=O) groups excluding carboxylic acids is 2. The molecule has 0 saturated carbocycles. The Morgan fingerprint density at radius 1 is 0.867 bits per heavy atom. The van der Waals surface area contributed by atoms with Crippen LogP contribution in [0.25, 0.3) is 10.8 Å². The summed E-state index contributed by atoms with van der Waals surface area (Å²) in [6, 6.07) is 20.6. The minimum Gasteiger partial charge on any atom is -0.486 e. The molecule has 0 radical (unpaired) electrons. The van der Waals surface area contributed by atoms with Crippen molar-refractivity contribution in [1.82, 2.24) is 10.6 Å². The van der Waals surface area contributed by atoms with Crippen LogP contribution in [0.15, 0.2) is 81.8 Å². The van der Waals surface area contributed by atoms with Crippen LogP contribution in [0.4, 0.5) is 0 Å². The standard InChI is InChI=1S/C23H20N2O5/c26-22(24-13-19-6-3-11-28-19)14-25-23(27)21-10-9-20(30-21)15-29-18-8-7-16-4-1-2-5-17(16)12-18/h1-12H,13-15H2,(H,24,26)(H,25,27). The molecule has 0 aliphatic heterocycles. The third-order valence-electron chi connectivity index (χ3n) is 4.44. The predicted molar refractivity (Wildman–Crippen MR) is 110 cm³/mol. The maximum absolute atomic E-state index is 12.2. The molecule has 0 atom stereocenters. The molecule has 7 heteroatoms. The molecule has 0 aliphatic carbocycles. The van der Waals surface area contributed by atoms with E-state index in [4.69, 9.17) is 13.6 Å². The molecule has 2 N–H and O–H groups in total. The number of hydrogen-bond acceptors (Lipinski definition) is 5. The number of fused-ring (bicyclic) bond motifs is 1. The largest absolute Gasteiger partial charge is 0.486 e. The fourth-order valence-corrected chi connectivity index (χ4v) is 2.90. The van der Waals surface area contributed by atoms with Gasteiger partial charge in [-0.2, -0.15) is 0 Å². The maximum atomic E-state index is 12.2. The quantitative estimate of drug-likeness (QED) is 0.468. The molecule has 2 aromatic carbocycles. The highest BCUT2D eigenvalue weighted by Gasteiger charge is 2.13. The van der Waals surface area contributed by atoms with Crippen molar-refractivity contribution in [2.24, 2.45) is 0 Å². The zero-order chi connectivity index (χ0) is 20.8. The van der Waals surface area contributed by atoms with Gasteiger partial charge in [0.15, 0.2) is 5.76 Å². The second-order valence-corrected chi connectivity index (χ2v) is 6.60. The fraction of sp³-hybridized carbons (Fsp3) is 0.130. The SMILES string of the molecule is O=C(CNC(=O)c1ccc(COc2ccc3ccccc3c2)o1)NCc1ccco1. The van der Waals surface area contributed by atoms with Crippen molar-refractivity contribution in [3.05, 3.63) is 90.3 Å². The van der Waals surface area contributed by atoms with Gasteiger partial charge >= 0.3 is 0 Å². The summed E-state index contributed by atoms with van der Waals surface area (Å²) in [5.74, 6) is 1.17. The second kappa shape index (κ2) is 9.00. The number of amides is 2. The average Bonchev–Trinajstić information content (AvgIpc) is 3.46. The first kappa shape index (κ1) is 19.3. The molecule has 2 aromatic heterocycles.